The number of hydrogen-bond donors (Lipinski definition) is 1. The molecule has 1 aliphatic carbocycles. The predicted octanol–water partition coefficient (Wildman–Crippen LogP) is 2.64. The average Bonchev–Trinajstić information content (AvgIpc) is 2.06. The fourth-order valence-electron chi connectivity index (χ4n) is 1.66. The lowest BCUT2D eigenvalue weighted by atomic mass is 9.93. The van der Waals surface area contributed by atoms with E-state index in [4.69, 9.17) is 5.73 Å². The van der Waals surface area contributed by atoms with E-state index in [9.17, 15) is 0 Å². The Hall–Kier alpha value is -0.560. The van der Waals surface area contributed by atoms with E-state index >= 15 is 0 Å². The molecule has 1 rings (SSSR count). The van der Waals surface area contributed by atoms with Crippen molar-refractivity contribution in [2.24, 2.45) is 11.7 Å². The van der Waals surface area contributed by atoms with Crippen molar-refractivity contribution >= 4 is 0 Å². The third-order valence-corrected chi connectivity index (χ3v) is 2.37. The average molecular weight is 165 g/mol. The third-order valence-electron chi connectivity index (χ3n) is 2.37. The zero-order valence-electron chi connectivity index (χ0n) is 7.92. The summed E-state index contributed by atoms with van der Waals surface area (Å²) in [5, 5.41) is 0. The molecule has 1 atom stereocenters. The number of rotatable bonds is 4. The second-order valence-corrected chi connectivity index (χ2v) is 3.68. The first-order valence-electron chi connectivity index (χ1n) is 4.87. The molecule has 0 aliphatic heterocycles. The summed E-state index contributed by atoms with van der Waals surface area (Å²) in [5.74, 6) is 0.757. The topological polar surface area (TPSA) is 26.0 Å². The van der Waals surface area contributed by atoms with Gasteiger partial charge >= 0.3 is 0 Å². The molecule has 68 valence electrons. The second kappa shape index (κ2) is 5.15. The molecule has 0 aromatic rings. The largest absolute Gasteiger partial charge is 0.330 e. The molecule has 12 heavy (non-hydrogen) atoms. The van der Waals surface area contributed by atoms with Crippen molar-refractivity contribution in [3.63, 3.8) is 0 Å². The van der Waals surface area contributed by atoms with Gasteiger partial charge in [0.25, 0.3) is 0 Å². The van der Waals surface area contributed by atoms with Crippen LogP contribution in [0.15, 0.2) is 23.8 Å². The number of allylic oxidation sites excluding steroid dienone is 4. The molecule has 0 aromatic heterocycles. The molecule has 0 saturated carbocycles. The summed E-state index contributed by atoms with van der Waals surface area (Å²) in [6, 6.07) is 0. The van der Waals surface area contributed by atoms with Crippen LogP contribution >= 0.6 is 0 Å². The van der Waals surface area contributed by atoms with Crippen LogP contribution in [0.25, 0.3) is 0 Å². The molecule has 1 nitrogen and oxygen atoms in total. The van der Waals surface area contributed by atoms with Gasteiger partial charge in [-0.2, -0.15) is 0 Å². The molecule has 1 aliphatic rings. The van der Waals surface area contributed by atoms with Gasteiger partial charge in [-0.05, 0) is 38.1 Å². The maximum absolute atomic E-state index is 5.50. The number of nitrogens with two attached hydrogens (primary N) is 1. The highest BCUT2D eigenvalue weighted by atomic mass is 14.5. The van der Waals surface area contributed by atoms with Crippen LogP contribution in [0.2, 0.25) is 0 Å². The summed E-state index contributed by atoms with van der Waals surface area (Å²) in [6.07, 6.45) is 11.5. The summed E-state index contributed by atoms with van der Waals surface area (Å²) in [5.41, 5.74) is 7.10. The first-order valence-corrected chi connectivity index (χ1v) is 4.87. The molecular formula is C11H19N. The Labute approximate surface area is 75.3 Å². The highest BCUT2D eigenvalue weighted by Gasteiger charge is 2.05. The lowest BCUT2D eigenvalue weighted by molar-refractivity contribution is 0.527. The normalized spacial score (nSPS) is 19.0. The van der Waals surface area contributed by atoms with E-state index in [2.05, 4.69) is 25.2 Å². The molecule has 0 bridgehead atoms. The minimum Gasteiger partial charge on any atom is -0.330 e. The maximum Gasteiger partial charge on any atom is -0.00746 e. The lowest BCUT2D eigenvalue weighted by Crippen LogP contribution is -2.06. The Balaban J connectivity index is 2.29. The SMILES string of the molecule is CC(CCN)CC1=CC=CCC1. The first kappa shape index (κ1) is 9.53. The van der Waals surface area contributed by atoms with Crippen LogP contribution < -0.4 is 5.73 Å². The van der Waals surface area contributed by atoms with E-state index in [1.54, 1.807) is 5.57 Å². The Morgan fingerprint density at radius 1 is 1.58 bits per heavy atom. The monoisotopic (exact) mass is 165 g/mol. The minimum atomic E-state index is 0.757. The van der Waals surface area contributed by atoms with Crippen LogP contribution in [-0.4, -0.2) is 6.54 Å². The van der Waals surface area contributed by atoms with E-state index in [-0.39, 0.29) is 0 Å². The fraction of sp³-hybridized carbons (Fsp3) is 0.636. The summed E-state index contributed by atoms with van der Waals surface area (Å²) in [7, 11) is 0. The van der Waals surface area contributed by atoms with Gasteiger partial charge in [-0.15, -0.1) is 0 Å². The van der Waals surface area contributed by atoms with E-state index in [1.807, 2.05) is 0 Å². The quantitative estimate of drug-likeness (QED) is 0.681. The van der Waals surface area contributed by atoms with Crippen molar-refractivity contribution < 1.29 is 0 Å². The predicted molar refractivity (Wildman–Crippen MR) is 53.9 cm³/mol. The Morgan fingerprint density at radius 3 is 3.00 bits per heavy atom. The molecule has 0 fully saturated rings. The van der Waals surface area contributed by atoms with E-state index in [0.29, 0.717) is 0 Å². The summed E-state index contributed by atoms with van der Waals surface area (Å²) in [6.45, 7) is 3.11. The molecular weight excluding hydrogens is 146 g/mol. The van der Waals surface area contributed by atoms with Crippen LogP contribution in [-0.2, 0) is 0 Å². The molecule has 0 heterocycles. The van der Waals surface area contributed by atoms with Gasteiger partial charge in [-0.1, -0.05) is 30.7 Å². The summed E-state index contributed by atoms with van der Waals surface area (Å²) < 4.78 is 0. The van der Waals surface area contributed by atoms with Gasteiger partial charge in [0.1, 0.15) is 0 Å². The Bertz CT molecular complexity index is 179. The van der Waals surface area contributed by atoms with Crippen LogP contribution in [0.4, 0.5) is 0 Å². The highest BCUT2D eigenvalue weighted by molar-refractivity contribution is 5.17. The Kier molecular flexibility index (Phi) is 4.09. The molecule has 0 amide bonds. The van der Waals surface area contributed by atoms with Crippen molar-refractivity contribution in [2.45, 2.75) is 32.6 Å². The molecule has 0 saturated heterocycles. The van der Waals surface area contributed by atoms with Crippen molar-refractivity contribution in [2.75, 3.05) is 6.54 Å². The van der Waals surface area contributed by atoms with Crippen LogP contribution in [0.5, 0.6) is 0 Å². The molecule has 0 aromatic carbocycles. The fourth-order valence-corrected chi connectivity index (χ4v) is 1.66. The standard InChI is InChI=1S/C11H19N/c1-10(7-8-12)9-11-5-3-2-4-6-11/h2-3,5,10H,4,6-9,12H2,1H3. The van der Waals surface area contributed by atoms with E-state index in [0.717, 1.165) is 18.9 Å². The zero-order chi connectivity index (χ0) is 8.81. The van der Waals surface area contributed by atoms with Crippen LogP contribution in [0.1, 0.15) is 32.6 Å². The zero-order valence-corrected chi connectivity index (χ0v) is 7.92. The molecule has 0 spiro atoms. The Morgan fingerprint density at radius 2 is 2.42 bits per heavy atom. The summed E-state index contributed by atoms with van der Waals surface area (Å²) >= 11 is 0. The van der Waals surface area contributed by atoms with E-state index < -0.39 is 0 Å². The van der Waals surface area contributed by atoms with Gasteiger partial charge < -0.3 is 5.73 Å². The molecule has 1 heteroatoms. The minimum absolute atomic E-state index is 0.757. The molecule has 2 N–H and O–H groups in total. The van der Waals surface area contributed by atoms with Gasteiger partial charge in [-0.25, -0.2) is 0 Å². The van der Waals surface area contributed by atoms with Crippen LogP contribution in [0.3, 0.4) is 0 Å². The lowest BCUT2D eigenvalue weighted by Gasteiger charge is -2.14. The van der Waals surface area contributed by atoms with Gasteiger partial charge in [0, 0.05) is 0 Å². The highest BCUT2D eigenvalue weighted by Crippen LogP contribution is 2.21. The van der Waals surface area contributed by atoms with Crippen molar-refractivity contribution in [3.05, 3.63) is 23.8 Å². The smallest absolute Gasteiger partial charge is 0.00746 e. The third kappa shape index (κ3) is 3.22. The molecule has 0 radical (unpaired) electrons. The van der Waals surface area contributed by atoms with E-state index in [1.165, 1.54) is 19.3 Å². The van der Waals surface area contributed by atoms with Gasteiger partial charge in [-0.3, -0.25) is 0 Å². The molecule has 1 unspecified atom stereocenters. The second-order valence-electron chi connectivity index (χ2n) is 3.68. The van der Waals surface area contributed by atoms with Gasteiger partial charge in [0.05, 0.1) is 0 Å². The van der Waals surface area contributed by atoms with Crippen molar-refractivity contribution in [1.29, 1.82) is 0 Å². The first-order chi connectivity index (χ1) is 5.83. The summed E-state index contributed by atoms with van der Waals surface area (Å²) in [4.78, 5) is 0. The van der Waals surface area contributed by atoms with Gasteiger partial charge in [0.2, 0.25) is 0 Å². The van der Waals surface area contributed by atoms with Gasteiger partial charge in [0.15, 0.2) is 0 Å². The maximum atomic E-state index is 5.50. The van der Waals surface area contributed by atoms with Crippen molar-refractivity contribution in [1.82, 2.24) is 0 Å². The number of hydrogen-bond acceptors (Lipinski definition) is 1. The van der Waals surface area contributed by atoms with Crippen LogP contribution in [0, 0.1) is 5.92 Å². The van der Waals surface area contributed by atoms with Crippen molar-refractivity contribution in [3.8, 4) is 0 Å².